The van der Waals surface area contributed by atoms with E-state index in [1.54, 1.807) is 0 Å². The Labute approximate surface area is 162 Å². The van der Waals surface area contributed by atoms with Crippen LogP contribution in [0, 0.1) is 0 Å². The van der Waals surface area contributed by atoms with Gasteiger partial charge >= 0.3 is 11.9 Å². The molecule has 0 radical (unpaired) electrons. The quantitative estimate of drug-likeness (QED) is 0.378. The average molecular weight is 566 g/mol. The van der Waals surface area contributed by atoms with Crippen LogP contribution < -0.4 is 0 Å². The van der Waals surface area contributed by atoms with Gasteiger partial charge in [-0.25, -0.2) is 0 Å². The van der Waals surface area contributed by atoms with Gasteiger partial charge in [-0.1, -0.05) is 88.0 Å². The molecule has 4 nitrogen and oxygen atoms in total. The van der Waals surface area contributed by atoms with Gasteiger partial charge in [0.25, 0.3) is 0 Å². The molecule has 1 aromatic carbocycles. The summed E-state index contributed by atoms with van der Waals surface area (Å²) in [6.45, 7) is 0. The number of hydrogen-bond acceptors (Lipinski definition) is 4. The fourth-order valence-electron chi connectivity index (χ4n) is 1.70. The van der Waals surface area contributed by atoms with E-state index in [1.165, 1.54) is 14.2 Å². The summed E-state index contributed by atoms with van der Waals surface area (Å²) in [6, 6.07) is 7.55. The molecule has 0 unspecified atom stereocenters. The van der Waals surface area contributed by atoms with E-state index in [2.05, 4.69) is 63.7 Å². The van der Waals surface area contributed by atoms with Crippen LogP contribution in [0.4, 0.5) is 0 Å². The van der Waals surface area contributed by atoms with Gasteiger partial charge in [-0.15, -0.1) is 0 Å². The van der Waals surface area contributed by atoms with Crippen molar-refractivity contribution in [2.75, 3.05) is 14.2 Å². The molecule has 0 saturated carbocycles. The van der Waals surface area contributed by atoms with Crippen molar-refractivity contribution >= 4 is 75.7 Å². The van der Waals surface area contributed by atoms with E-state index < -0.39 is 9.65 Å². The van der Waals surface area contributed by atoms with Crippen LogP contribution in [-0.2, 0) is 19.1 Å². The average Bonchev–Trinajstić information content (AvgIpc) is 2.57. The zero-order chi connectivity index (χ0) is 16.9. The highest BCUT2D eigenvalue weighted by molar-refractivity contribution is 9.12. The van der Waals surface area contributed by atoms with Crippen molar-refractivity contribution < 1.29 is 19.1 Å². The number of hydrogen-bond donors (Lipinski definition) is 0. The van der Waals surface area contributed by atoms with Gasteiger partial charge in [0, 0.05) is 0 Å². The molecule has 0 aliphatic carbocycles. The molecule has 8 heteroatoms. The Bertz CT molecular complexity index is 494. The van der Waals surface area contributed by atoms with Crippen LogP contribution in [0.15, 0.2) is 24.3 Å². The summed E-state index contributed by atoms with van der Waals surface area (Å²) in [5.41, 5.74) is 1.78. The lowest BCUT2D eigenvalue weighted by Gasteiger charge is -2.19. The lowest BCUT2D eigenvalue weighted by atomic mass is 10.0. The van der Waals surface area contributed by atoms with E-state index >= 15 is 0 Å². The Morgan fingerprint density at radius 1 is 0.864 bits per heavy atom. The summed E-state index contributed by atoms with van der Waals surface area (Å²) in [5, 5.41) is 0. The second-order valence-electron chi connectivity index (χ2n) is 4.32. The molecule has 0 aliphatic rings. The number of ether oxygens (including phenoxy) is 2. The molecule has 0 bridgehead atoms. The number of carbonyl (C=O) groups excluding carboxylic acids is 2. The van der Waals surface area contributed by atoms with Crippen molar-refractivity contribution in [2.45, 2.75) is 19.3 Å². The monoisotopic (exact) mass is 562 g/mol. The molecule has 0 spiro atoms. The zero-order valence-electron chi connectivity index (χ0n) is 11.8. The maximum atomic E-state index is 11.6. The Hall–Kier alpha value is 0.0800. The molecule has 1 rings (SSSR count). The lowest BCUT2D eigenvalue weighted by molar-refractivity contribution is -0.140. The van der Waals surface area contributed by atoms with Crippen molar-refractivity contribution in [1.82, 2.24) is 0 Å². The fourth-order valence-corrected chi connectivity index (χ4v) is 3.69. The minimum atomic E-state index is -0.512. The topological polar surface area (TPSA) is 52.6 Å². The number of benzene rings is 1. The standard InChI is InChI=1S/C14H14Br4O4/c1-21-13(19)11(17)9(15)7-4-3-5-8(6-7)10(16)12(18)14(20)22-2/h3-6,9-12H,1-2H3/t9-,10+,11-,12-/m1/s1. The van der Waals surface area contributed by atoms with E-state index in [-0.39, 0.29) is 21.6 Å². The molecule has 22 heavy (non-hydrogen) atoms. The number of methoxy groups -OCH3 is 2. The van der Waals surface area contributed by atoms with Crippen molar-refractivity contribution in [3.63, 3.8) is 0 Å². The zero-order valence-corrected chi connectivity index (χ0v) is 18.1. The third-order valence-corrected chi connectivity index (χ3v) is 8.25. The Kier molecular flexibility index (Phi) is 8.59. The first kappa shape index (κ1) is 20.1. The highest BCUT2D eigenvalue weighted by atomic mass is 79.9. The summed E-state index contributed by atoms with van der Waals surface area (Å²) in [4.78, 5) is 21.7. The van der Waals surface area contributed by atoms with Crippen molar-refractivity contribution in [3.8, 4) is 0 Å². The highest BCUT2D eigenvalue weighted by Crippen LogP contribution is 2.36. The van der Waals surface area contributed by atoms with Crippen molar-refractivity contribution in [3.05, 3.63) is 35.4 Å². The Balaban J connectivity index is 2.99. The number of esters is 2. The van der Waals surface area contributed by atoms with Crippen molar-refractivity contribution in [1.29, 1.82) is 0 Å². The number of rotatable bonds is 6. The number of halogens is 4. The van der Waals surface area contributed by atoms with Gasteiger partial charge in [0.05, 0.1) is 23.9 Å². The summed E-state index contributed by atoms with van der Waals surface area (Å²) >= 11 is 13.6. The van der Waals surface area contributed by atoms with Crippen LogP contribution >= 0.6 is 63.7 Å². The SMILES string of the molecule is COC(=O)[C@H](Br)[C@H](Br)c1cccc([C@H](Br)[C@@H](Br)C(=O)OC)c1. The summed E-state index contributed by atoms with van der Waals surface area (Å²) in [5.74, 6) is -0.730. The van der Waals surface area contributed by atoms with E-state index in [1.807, 2.05) is 24.3 Å². The normalized spacial score (nSPS) is 16.3. The largest absolute Gasteiger partial charge is 0.468 e. The van der Waals surface area contributed by atoms with Gasteiger partial charge < -0.3 is 9.47 Å². The Morgan fingerprint density at radius 2 is 1.23 bits per heavy atom. The third-order valence-electron chi connectivity index (χ3n) is 2.91. The minimum absolute atomic E-state index is 0.258. The first-order chi connectivity index (χ1) is 10.3. The molecular formula is C14H14Br4O4. The van der Waals surface area contributed by atoms with Crippen LogP contribution in [0.5, 0.6) is 0 Å². The molecular weight excluding hydrogens is 552 g/mol. The third kappa shape index (κ3) is 5.04. The van der Waals surface area contributed by atoms with Gasteiger partial charge in [-0.2, -0.15) is 0 Å². The van der Waals surface area contributed by atoms with Gasteiger partial charge in [0.2, 0.25) is 0 Å². The smallest absolute Gasteiger partial charge is 0.320 e. The van der Waals surface area contributed by atoms with Crippen LogP contribution in [0.3, 0.4) is 0 Å². The van der Waals surface area contributed by atoms with Crippen LogP contribution in [0.1, 0.15) is 20.8 Å². The van der Waals surface area contributed by atoms with Crippen LogP contribution in [0.25, 0.3) is 0 Å². The molecule has 0 amide bonds. The van der Waals surface area contributed by atoms with Gasteiger partial charge in [-0.05, 0) is 11.1 Å². The summed E-state index contributed by atoms with van der Waals surface area (Å²) in [6.07, 6.45) is 0. The first-order valence-electron chi connectivity index (χ1n) is 6.15. The van der Waals surface area contributed by atoms with Crippen molar-refractivity contribution in [2.24, 2.45) is 0 Å². The predicted molar refractivity (Wildman–Crippen MR) is 99.2 cm³/mol. The second kappa shape index (κ2) is 9.39. The van der Waals surface area contributed by atoms with Crippen LogP contribution in [0.2, 0.25) is 0 Å². The second-order valence-corrected chi connectivity index (χ2v) is 8.27. The molecule has 0 heterocycles. The van der Waals surface area contributed by atoms with Gasteiger partial charge in [0.15, 0.2) is 0 Å². The summed E-state index contributed by atoms with van der Waals surface area (Å²) in [7, 11) is 2.68. The maximum Gasteiger partial charge on any atom is 0.320 e. The molecule has 0 aliphatic heterocycles. The molecule has 122 valence electrons. The van der Waals surface area contributed by atoms with E-state index in [0.29, 0.717) is 0 Å². The van der Waals surface area contributed by atoms with Gasteiger partial charge in [0.1, 0.15) is 9.65 Å². The number of carbonyl (C=O) groups is 2. The van der Waals surface area contributed by atoms with E-state index in [4.69, 9.17) is 9.47 Å². The Morgan fingerprint density at radius 3 is 1.55 bits per heavy atom. The van der Waals surface area contributed by atoms with E-state index in [0.717, 1.165) is 11.1 Å². The minimum Gasteiger partial charge on any atom is -0.468 e. The predicted octanol–water partition coefficient (Wildman–Crippen LogP) is 4.43. The number of alkyl halides is 4. The van der Waals surface area contributed by atoms with Crippen LogP contribution in [-0.4, -0.2) is 35.8 Å². The molecule has 1 aromatic rings. The summed E-state index contributed by atoms with van der Waals surface area (Å²) < 4.78 is 9.45. The lowest BCUT2D eigenvalue weighted by Crippen LogP contribution is -2.21. The molecule has 0 saturated heterocycles. The molecule has 0 fully saturated rings. The first-order valence-corrected chi connectivity index (χ1v) is 9.81. The maximum absolute atomic E-state index is 11.6. The van der Waals surface area contributed by atoms with E-state index in [9.17, 15) is 9.59 Å². The molecule has 0 N–H and O–H groups in total. The molecule has 4 atom stereocenters. The molecule has 0 aromatic heterocycles. The van der Waals surface area contributed by atoms with Gasteiger partial charge in [-0.3, -0.25) is 9.59 Å². The fraction of sp³-hybridized carbons (Fsp3) is 0.429. The highest BCUT2D eigenvalue weighted by Gasteiger charge is 2.29.